The number of carbonyl (C=O) groups is 3. The lowest BCUT2D eigenvalue weighted by atomic mass is 9.70. The Morgan fingerprint density at radius 3 is 2.35 bits per heavy atom. The smallest absolute Gasteiger partial charge is 0.337 e. The van der Waals surface area contributed by atoms with Crippen LogP contribution in [0.3, 0.4) is 0 Å². The zero-order chi connectivity index (χ0) is 29.8. The molecule has 0 spiro atoms. The second-order valence-electron chi connectivity index (χ2n) is 11.9. The minimum atomic E-state index is -3.84. The average Bonchev–Trinajstić information content (AvgIpc) is 2.92. The second-order valence-corrected chi connectivity index (χ2v) is 14.6. The van der Waals surface area contributed by atoms with Gasteiger partial charge in [-0.3, -0.25) is 4.79 Å². The molecule has 0 aromatic carbocycles. The molecule has 7 unspecified atom stereocenters. The van der Waals surface area contributed by atoms with Gasteiger partial charge in [0.05, 0.1) is 19.1 Å². The zero-order valence-electron chi connectivity index (χ0n) is 25.5. The predicted molar refractivity (Wildman–Crippen MR) is 162 cm³/mol. The number of esters is 1. The van der Waals surface area contributed by atoms with Gasteiger partial charge in [-0.15, -0.1) is 0 Å². The first-order chi connectivity index (χ1) is 18.9. The second kappa shape index (κ2) is 13.7. The topological polar surface area (TPSA) is 89.9 Å². The first kappa shape index (κ1) is 32.4. The first-order valence-corrected chi connectivity index (χ1v) is 16.5. The van der Waals surface area contributed by atoms with E-state index in [1.807, 2.05) is 45.9 Å². The summed E-state index contributed by atoms with van der Waals surface area (Å²) in [5, 5.41) is 0.590. The zero-order valence-corrected chi connectivity index (χ0v) is 26.4. The van der Waals surface area contributed by atoms with E-state index in [0.717, 1.165) is 11.1 Å². The highest BCUT2D eigenvalue weighted by Crippen LogP contribution is 2.70. The van der Waals surface area contributed by atoms with Crippen molar-refractivity contribution in [2.75, 3.05) is 19.8 Å². The summed E-state index contributed by atoms with van der Waals surface area (Å²) in [4.78, 5) is 53.1. The number of hydrogen-bond acceptors (Lipinski definition) is 6. The van der Waals surface area contributed by atoms with Crippen molar-refractivity contribution in [3.8, 4) is 0 Å². The molecule has 3 aliphatic carbocycles. The number of rotatable bonds is 11. The van der Waals surface area contributed by atoms with Crippen molar-refractivity contribution < 1.29 is 28.8 Å². The Balaban J connectivity index is 1.95. The SMILES string of the molecule is CCC(=O)OCCOCC1C(C)=CC(C)=C(C(=O)[P+](O)(C(=O)C2C(C)C=C(C)C(C)C2C)C2=CC=CCC2)C1C. The lowest BCUT2D eigenvalue weighted by Crippen LogP contribution is -2.39. The molecule has 7 atom stereocenters. The van der Waals surface area contributed by atoms with Crippen molar-refractivity contribution in [2.24, 2.45) is 35.5 Å². The van der Waals surface area contributed by atoms with E-state index < -0.39 is 18.9 Å². The standard InChI is InChI=1S/C33H48O6P/c1-9-29(34)39-16-15-38-19-28-21(3)18-23(5)31(26(28)8)33(36)40(37,27-13-11-10-12-14-27)32(35)30-22(4)17-20(2)24(6)25(30)7/h10-11,13,17-18,22,24-26,28,30,37H,9,12,14-16,19H2,1-8H3/q+1. The van der Waals surface area contributed by atoms with Gasteiger partial charge in [-0.1, -0.05) is 70.1 Å². The van der Waals surface area contributed by atoms with Crippen LogP contribution in [0.15, 0.2) is 58.0 Å². The van der Waals surface area contributed by atoms with Crippen molar-refractivity contribution in [1.29, 1.82) is 0 Å². The van der Waals surface area contributed by atoms with E-state index in [4.69, 9.17) is 9.47 Å². The number of allylic oxidation sites excluding steroid dienone is 9. The fourth-order valence-corrected chi connectivity index (χ4v) is 9.72. The third kappa shape index (κ3) is 6.50. The third-order valence-corrected chi connectivity index (χ3v) is 12.3. The Bertz CT molecular complexity index is 1160. The summed E-state index contributed by atoms with van der Waals surface area (Å²) in [6, 6.07) is 0. The Kier molecular flexibility index (Phi) is 11.1. The molecule has 1 N–H and O–H groups in total. The van der Waals surface area contributed by atoms with Crippen LogP contribution in [0.2, 0.25) is 0 Å². The largest absolute Gasteiger partial charge is 0.463 e. The summed E-state index contributed by atoms with van der Waals surface area (Å²) in [5.41, 5.74) is 3.00. The third-order valence-electron chi connectivity index (χ3n) is 9.29. The van der Waals surface area contributed by atoms with Crippen molar-refractivity contribution in [3.63, 3.8) is 0 Å². The van der Waals surface area contributed by atoms with E-state index >= 15 is 0 Å². The van der Waals surface area contributed by atoms with Gasteiger partial charge in [0.2, 0.25) is 0 Å². The Morgan fingerprint density at radius 2 is 1.73 bits per heavy atom. The molecule has 0 fully saturated rings. The molecule has 0 aliphatic heterocycles. The maximum Gasteiger partial charge on any atom is 0.337 e. The van der Waals surface area contributed by atoms with Gasteiger partial charge in [0.1, 0.15) is 11.9 Å². The molecule has 0 bridgehead atoms. The lowest BCUT2D eigenvalue weighted by molar-refractivity contribution is -0.145. The fraction of sp³-hybridized carbons (Fsp3) is 0.606. The molecule has 7 heteroatoms. The van der Waals surface area contributed by atoms with Crippen LogP contribution in [0, 0.1) is 35.5 Å². The fourth-order valence-electron chi connectivity index (χ4n) is 6.59. The average molecular weight is 572 g/mol. The molecule has 6 nitrogen and oxygen atoms in total. The van der Waals surface area contributed by atoms with Crippen LogP contribution in [0.5, 0.6) is 0 Å². The predicted octanol–water partition coefficient (Wildman–Crippen LogP) is 7.18. The number of carbonyl (C=O) groups excluding carboxylic acids is 3. The summed E-state index contributed by atoms with van der Waals surface area (Å²) in [5.74, 6) is -0.846. The molecule has 0 aromatic rings. The quantitative estimate of drug-likeness (QED) is 0.122. The summed E-state index contributed by atoms with van der Waals surface area (Å²) < 4.78 is 11.0. The molecule has 220 valence electrons. The molecule has 0 saturated carbocycles. The van der Waals surface area contributed by atoms with E-state index in [2.05, 4.69) is 26.8 Å². The van der Waals surface area contributed by atoms with Crippen LogP contribution in [0.25, 0.3) is 0 Å². The molecular weight excluding hydrogens is 523 g/mol. The Morgan fingerprint density at radius 1 is 1.02 bits per heavy atom. The normalized spacial score (nSPS) is 30.2. The van der Waals surface area contributed by atoms with Gasteiger partial charge in [-0.2, -0.15) is 0 Å². The van der Waals surface area contributed by atoms with E-state index in [1.54, 1.807) is 13.0 Å². The highest BCUT2D eigenvalue weighted by Gasteiger charge is 2.63. The highest BCUT2D eigenvalue weighted by molar-refractivity contribution is 8.03. The monoisotopic (exact) mass is 571 g/mol. The van der Waals surface area contributed by atoms with Crippen molar-refractivity contribution in [3.05, 3.63) is 58.0 Å². The van der Waals surface area contributed by atoms with E-state index in [9.17, 15) is 19.3 Å². The summed E-state index contributed by atoms with van der Waals surface area (Å²) in [7, 11) is -3.84. The molecule has 0 aromatic heterocycles. The Hall–Kier alpha value is -2.14. The van der Waals surface area contributed by atoms with Gasteiger partial charge in [-0.05, 0) is 62.5 Å². The molecule has 0 saturated heterocycles. The van der Waals surface area contributed by atoms with Crippen LogP contribution < -0.4 is 0 Å². The summed E-state index contributed by atoms with van der Waals surface area (Å²) >= 11 is 0. The van der Waals surface area contributed by atoms with Gasteiger partial charge in [0.25, 0.3) is 0 Å². The first-order valence-electron chi connectivity index (χ1n) is 14.7. The van der Waals surface area contributed by atoms with E-state index in [1.165, 1.54) is 5.57 Å². The van der Waals surface area contributed by atoms with Gasteiger partial charge in [0, 0.05) is 24.3 Å². The number of ether oxygens (including phenoxy) is 2. The molecule has 0 heterocycles. The van der Waals surface area contributed by atoms with Crippen molar-refractivity contribution in [2.45, 2.75) is 74.7 Å². The molecule has 40 heavy (non-hydrogen) atoms. The minimum Gasteiger partial charge on any atom is -0.463 e. The molecular formula is C33H48O6P+. The number of hydrogen-bond donors (Lipinski definition) is 1. The van der Waals surface area contributed by atoms with Crippen molar-refractivity contribution in [1.82, 2.24) is 0 Å². The lowest BCUT2D eigenvalue weighted by Gasteiger charge is -2.38. The Labute approximate surface area is 241 Å². The minimum absolute atomic E-state index is 0.0236. The molecule has 0 amide bonds. The van der Waals surface area contributed by atoms with Crippen molar-refractivity contribution >= 4 is 24.5 Å². The molecule has 0 radical (unpaired) electrons. The maximum absolute atomic E-state index is 14.6. The van der Waals surface area contributed by atoms with Crippen LogP contribution in [0.4, 0.5) is 0 Å². The van der Waals surface area contributed by atoms with Gasteiger partial charge < -0.3 is 9.47 Å². The van der Waals surface area contributed by atoms with E-state index in [-0.39, 0.29) is 54.3 Å². The van der Waals surface area contributed by atoms with Gasteiger partial charge in [-0.25, -0.2) is 14.5 Å². The summed E-state index contributed by atoms with van der Waals surface area (Å²) in [6.45, 7) is 16.8. The van der Waals surface area contributed by atoms with Crippen LogP contribution >= 0.6 is 7.49 Å². The molecule has 3 aliphatic rings. The molecule has 3 rings (SSSR count). The highest BCUT2D eigenvalue weighted by atomic mass is 31.2. The van der Waals surface area contributed by atoms with Crippen LogP contribution in [-0.2, 0) is 23.9 Å². The van der Waals surface area contributed by atoms with Crippen LogP contribution in [-0.4, -0.2) is 41.7 Å². The summed E-state index contributed by atoms with van der Waals surface area (Å²) in [6.07, 6.45) is 11.3. The van der Waals surface area contributed by atoms with Crippen LogP contribution in [0.1, 0.15) is 74.7 Å². The maximum atomic E-state index is 14.6. The van der Waals surface area contributed by atoms with Gasteiger partial charge >= 0.3 is 24.5 Å². The van der Waals surface area contributed by atoms with E-state index in [0.29, 0.717) is 36.8 Å². The van der Waals surface area contributed by atoms with Gasteiger partial charge in [0.15, 0.2) is 0 Å².